The monoisotopic (exact) mass is 345 g/mol. The molecule has 0 radical (unpaired) electrons. The number of carboxylic acid groups (broad SMARTS) is 2. The highest BCUT2D eigenvalue weighted by atomic mass is 16.4. The van der Waals surface area contributed by atoms with Gasteiger partial charge in [-0.2, -0.15) is 0 Å². The summed E-state index contributed by atoms with van der Waals surface area (Å²) in [6.07, 6.45) is -0.321. The molecule has 138 valence electrons. The molecule has 0 unspecified atom stereocenters. The Kier molecular flexibility index (Phi) is 8.97. The Morgan fingerprint density at radius 2 is 1.33 bits per heavy atom. The zero-order chi connectivity index (χ0) is 19.0. The molecule has 24 heavy (non-hydrogen) atoms. The molecule has 0 aliphatic carbocycles. The quantitative estimate of drug-likeness (QED) is 0.358. The van der Waals surface area contributed by atoms with Crippen LogP contribution in [0.5, 0.6) is 0 Å². The van der Waals surface area contributed by atoms with Gasteiger partial charge in [0.25, 0.3) is 0 Å². The van der Waals surface area contributed by atoms with E-state index in [4.69, 9.17) is 15.9 Å². The molecule has 0 saturated heterocycles. The molecule has 2 amide bonds. The van der Waals surface area contributed by atoms with Gasteiger partial charge in [0, 0.05) is 6.42 Å². The minimum Gasteiger partial charge on any atom is -0.481 e. The van der Waals surface area contributed by atoms with Crippen LogP contribution in [0.15, 0.2) is 0 Å². The first-order valence-electron chi connectivity index (χ1n) is 7.78. The van der Waals surface area contributed by atoms with Gasteiger partial charge < -0.3 is 26.6 Å². The van der Waals surface area contributed by atoms with E-state index >= 15 is 0 Å². The van der Waals surface area contributed by atoms with Crippen molar-refractivity contribution in [3.8, 4) is 0 Å². The number of amides is 2. The minimum atomic E-state index is -1.16. The standard InChI is InChI=1S/C15H27N3O6/c1-7(2)11(14(22)18-12(8(3)4)15(23)24)17-13(21)9(16)5-6-10(19)20/h7-9,11-12H,5-6,16H2,1-4H3,(H,17,21)(H,18,22)(H,19,20)(H,23,24)/t9-,11-,12+/m1/s1. The van der Waals surface area contributed by atoms with Crippen LogP contribution in [0.3, 0.4) is 0 Å². The molecule has 0 aromatic carbocycles. The Labute approximate surface area is 141 Å². The van der Waals surface area contributed by atoms with Gasteiger partial charge >= 0.3 is 11.9 Å². The van der Waals surface area contributed by atoms with E-state index in [-0.39, 0.29) is 24.7 Å². The van der Waals surface area contributed by atoms with E-state index in [2.05, 4.69) is 10.6 Å². The van der Waals surface area contributed by atoms with Gasteiger partial charge in [-0.25, -0.2) is 4.79 Å². The van der Waals surface area contributed by atoms with Gasteiger partial charge in [0.1, 0.15) is 12.1 Å². The Balaban J connectivity index is 4.90. The number of hydrogen-bond donors (Lipinski definition) is 5. The van der Waals surface area contributed by atoms with E-state index in [1.807, 2.05) is 0 Å². The van der Waals surface area contributed by atoms with Crippen LogP contribution in [-0.4, -0.2) is 52.1 Å². The summed E-state index contributed by atoms with van der Waals surface area (Å²) in [5, 5.41) is 22.6. The molecule has 0 aliphatic heterocycles. The highest BCUT2D eigenvalue weighted by molar-refractivity contribution is 5.92. The van der Waals surface area contributed by atoms with Crippen LogP contribution in [-0.2, 0) is 19.2 Å². The third-order valence-electron chi connectivity index (χ3n) is 3.48. The molecule has 0 aliphatic rings. The van der Waals surface area contributed by atoms with E-state index in [9.17, 15) is 19.2 Å². The normalized spacial score (nSPS) is 14.8. The van der Waals surface area contributed by atoms with Crippen LogP contribution < -0.4 is 16.4 Å². The Morgan fingerprint density at radius 1 is 0.875 bits per heavy atom. The zero-order valence-electron chi connectivity index (χ0n) is 14.4. The molecule has 6 N–H and O–H groups in total. The molecule has 9 nitrogen and oxygen atoms in total. The second kappa shape index (κ2) is 9.86. The fourth-order valence-electron chi connectivity index (χ4n) is 1.96. The summed E-state index contributed by atoms with van der Waals surface area (Å²) in [5.74, 6) is -4.13. The molecule has 3 atom stereocenters. The lowest BCUT2D eigenvalue weighted by molar-refractivity contribution is -0.143. The van der Waals surface area contributed by atoms with Gasteiger partial charge in [-0.15, -0.1) is 0 Å². The van der Waals surface area contributed by atoms with Gasteiger partial charge in [0.15, 0.2) is 0 Å². The van der Waals surface area contributed by atoms with Gasteiger partial charge in [0.2, 0.25) is 11.8 Å². The average molecular weight is 345 g/mol. The van der Waals surface area contributed by atoms with E-state index < -0.39 is 41.9 Å². The van der Waals surface area contributed by atoms with Crippen molar-refractivity contribution < 1.29 is 29.4 Å². The fourth-order valence-corrected chi connectivity index (χ4v) is 1.96. The predicted molar refractivity (Wildman–Crippen MR) is 86.0 cm³/mol. The number of hydrogen-bond acceptors (Lipinski definition) is 5. The number of nitrogens with two attached hydrogens (primary N) is 1. The van der Waals surface area contributed by atoms with Gasteiger partial charge in [0.05, 0.1) is 6.04 Å². The molecule has 0 spiro atoms. The summed E-state index contributed by atoms with van der Waals surface area (Å²) < 4.78 is 0. The fraction of sp³-hybridized carbons (Fsp3) is 0.733. The molecule has 9 heteroatoms. The first-order chi connectivity index (χ1) is 11.0. The van der Waals surface area contributed by atoms with E-state index in [1.54, 1.807) is 27.7 Å². The predicted octanol–water partition coefficient (Wildman–Crippen LogP) is -0.455. The summed E-state index contributed by atoms with van der Waals surface area (Å²) >= 11 is 0. The number of aliphatic carboxylic acids is 2. The zero-order valence-corrected chi connectivity index (χ0v) is 14.4. The lowest BCUT2D eigenvalue weighted by Crippen LogP contribution is -2.57. The maximum Gasteiger partial charge on any atom is 0.326 e. The first-order valence-corrected chi connectivity index (χ1v) is 7.78. The lowest BCUT2D eigenvalue weighted by atomic mass is 9.99. The Bertz CT molecular complexity index is 478. The van der Waals surface area contributed by atoms with Crippen molar-refractivity contribution in [3.05, 3.63) is 0 Å². The van der Waals surface area contributed by atoms with Crippen LogP contribution in [0.1, 0.15) is 40.5 Å². The largest absolute Gasteiger partial charge is 0.481 e. The minimum absolute atomic E-state index is 0.0582. The number of carbonyl (C=O) groups is 4. The van der Waals surface area contributed by atoms with E-state index in [1.165, 1.54) is 0 Å². The molecule has 0 bridgehead atoms. The SMILES string of the molecule is CC(C)[C@H](NC(=O)[C@H](NC(=O)[C@H](N)CCC(=O)O)C(C)C)C(=O)O. The maximum absolute atomic E-state index is 12.3. The van der Waals surface area contributed by atoms with Gasteiger partial charge in [-0.3, -0.25) is 14.4 Å². The van der Waals surface area contributed by atoms with E-state index in [0.29, 0.717) is 0 Å². The highest BCUT2D eigenvalue weighted by Crippen LogP contribution is 2.07. The number of nitrogens with one attached hydrogen (secondary N) is 2. The van der Waals surface area contributed by atoms with Crippen molar-refractivity contribution >= 4 is 23.8 Å². The van der Waals surface area contributed by atoms with Crippen molar-refractivity contribution in [2.75, 3.05) is 0 Å². The van der Waals surface area contributed by atoms with Crippen molar-refractivity contribution in [1.29, 1.82) is 0 Å². The van der Waals surface area contributed by atoms with Crippen molar-refractivity contribution in [2.45, 2.75) is 58.7 Å². The molecule has 0 saturated carbocycles. The highest BCUT2D eigenvalue weighted by Gasteiger charge is 2.31. The van der Waals surface area contributed by atoms with Gasteiger partial charge in [-0.1, -0.05) is 27.7 Å². The average Bonchev–Trinajstić information content (AvgIpc) is 2.45. The summed E-state index contributed by atoms with van der Waals surface area (Å²) in [7, 11) is 0. The summed E-state index contributed by atoms with van der Waals surface area (Å²) in [4.78, 5) is 46.0. The molecule has 0 fully saturated rings. The smallest absolute Gasteiger partial charge is 0.326 e. The second-order valence-electron chi connectivity index (χ2n) is 6.34. The van der Waals surface area contributed by atoms with Crippen LogP contribution in [0.2, 0.25) is 0 Å². The Hall–Kier alpha value is -2.16. The first kappa shape index (κ1) is 21.8. The van der Waals surface area contributed by atoms with Crippen LogP contribution >= 0.6 is 0 Å². The maximum atomic E-state index is 12.3. The van der Waals surface area contributed by atoms with Crippen LogP contribution in [0.25, 0.3) is 0 Å². The van der Waals surface area contributed by atoms with Crippen LogP contribution in [0, 0.1) is 11.8 Å². The summed E-state index contributed by atoms with van der Waals surface area (Å²) in [6, 6.07) is -3.10. The summed E-state index contributed by atoms with van der Waals surface area (Å²) in [5.41, 5.74) is 5.61. The number of rotatable bonds is 10. The molecule has 0 heterocycles. The van der Waals surface area contributed by atoms with Crippen molar-refractivity contribution in [3.63, 3.8) is 0 Å². The Morgan fingerprint density at radius 3 is 1.71 bits per heavy atom. The molecule has 0 rings (SSSR count). The topological polar surface area (TPSA) is 159 Å². The molecule has 0 aromatic heterocycles. The third kappa shape index (κ3) is 7.40. The van der Waals surface area contributed by atoms with Crippen molar-refractivity contribution in [2.24, 2.45) is 17.6 Å². The molecular formula is C15H27N3O6. The van der Waals surface area contributed by atoms with E-state index in [0.717, 1.165) is 0 Å². The lowest BCUT2D eigenvalue weighted by Gasteiger charge is -2.26. The number of carboxylic acids is 2. The molecule has 0 aromatic rings. The molecular weight excluding hydrogens is 318 g/mol. The van der Waals surface area contributed by atoms with Crippen molar-refractivity contribution in [1.82, 2.24) is 10.6 Å². The number of carbonyl (C=O) groups excluding carboxylic acids is 2. The van der Waals surface area contributed by atoms with Crippen LogP contribution in [0.4, 0.5) is 0 Å². The second-order valence-corrected chi connectivity index (χ2v) is 6.34. The third-order valence-corrected chi connectivity index (χ3v) is 3.48. The summed E-state index contributed by atoms with van der Waals surface area (Å²) in [6.45, 7) is 6.70. The van der Waals surface area contributed by atoms with Gasteiger partial charge in [-0.05, 0) is 18.3 Å².